The van der Waals surface area contributed by atoms with Crippen molar-refractivity contribution in [2.24, 2.45) is 0 Å². The minimum absolute atomic E-state index is 0.376. The maximum Gasteiger partial charge on any atom is 0.337 e. The molecule has 1 heterocycles. The smallest absolute Gasteiger partial charge is 0.337 e. The molecule has 2 aliphatic carbocycles. The number of carbonyl (C=O) groups is 1. The Labute approximate surface area is 88.1 Å². The Morgan fingerprint density at radius 2 is 2.20 bits per heavy atom. The molecule has 2 aliphatic rings. The number of fused-ring (bicyclic) bond motifs is 5. The van der Waals surface area contributed by atoms with E-state index >= 15 is 0 Å². The van der Waals surface area contributed by atoms with E-state index in [0.717, 1.165) is 0 Å². The van der Waals surface area contributed by atoms with Crippen molar-refractivity contribution >= 4 is 5.97 Å². The van der Waals surface area contributed by atoms with Crippen molar-refractivity contribution in [3.8, 4) is 0 Å². The van der Waals surface area contributed by atoms with E-state index in [1.54, 1.807) is 6.92 Å². The lowest BCUT2D eigenvalue weighted by Crippen LogP contribution is -2.08. The molecule has 2 atom stereocenters. The van der Waals surface area contributed by atoms with Crippen LogP contribution in [0.1, 0.15) is 58.4 Å². The fourth-order valence-corrected chi connectivity index (χ4v) is 3.02. The lowest BCUT2D eigenvalue weighted by molar-refractivity contribution is 0.0695. The summed E-state index contributed by atoms with van der Waals surface area (Å²) in [7, 11) is 0. The van der Waals surface area contributed by atoms with Crippen LogP contribution in [-0.4, -0.2) is 16.1 Å². The van der Waals surface area contributed by atoms with Crippen molar-refractivity contribution in [2.45, 2.75) is 38.0 Å². The summed E-state index contributed by atoms with van der Waals surface area (Å²) in [6, 6.07) is 1.85. The van der Waals surface area contributed by atoms with Gasteiger partial charge in [-0.2, -0.15) is 0 Å². The van der Waals surface area contributed by atoms with E-state index in [2.05, 4.69) is 4.98 Å². The Morgan fingerprint density at radius 3 is 2.93 bits per heavy atom. The van der Waals surface area contributed by atoms with E-state index in [4.69, 9.17) is 5.11 Å². The monoisotopic (exact) mass is 203 g/mol. The van der Waals surface area contributed by atoms with Crippen LogP contribution in [0.4, 0.5) is 0 Å². The van der Waals surface area contributed by atoms with E-state index in [9.17, 15) is 4.79 Å². The van der Waals surface area contributed by atoms with Crippen molar-refractivity contribution in [1.82, 2.24) is 4.98 Å². The second kappa shape index (κ2) is 2.81. The van der Waals surface area contributed by atoms with Gasteiger partial charge in [0.1, 0.15) is 0 Å². The maximum atomic E-state index is 11.0. The third-order valence-electron chi connectivity index (χ3n) is 3.76. The van der Waals surface area contributed by atoms with E-state index < -0.39 is 5.97 Å². The van der Waals surface area contributed by atoms with Crippen molar-refractivity contribution in [1.29, 1.82) is 0 Å². The average Bonchev–Trinajstić information content (AvgIpc) is 2.76. The van der Waals surface area contributed by atoms with Gasteiger partial charge in [-0.3, -0.25) is 4.98 Å². The van der Waals surface area contributed by atoms with Crippen molar-refractivity contribution in [2.75, 3.05) is 0 Å². The Morgan fingerprint density at radius 1 is 1.47 bits per heavy atom. The minimum atomic E-state index is -0.856. The largest absolute Gasteiger partial charge is 0.478 e. The molecule has 1 N–H and O–H groups in total. The first-order valence-corrected chi connectivity index (χ1v) is 5.41. The zero-order valence-corrected chi connectivity index (χ0v) is 8.66. The first kappa shape index (κ1) is 8.89. The highest BCUT2D eigenvalue weighted by Gasteiger charge is 2.38. The van der Waals surface area contributed by atoms with Gasteiger partial charge in [0, 0.05) is 11.6 Å². The SMILES string of the molecule is Cc1nc2c(cc1C(=O)O)C1CCC2C1. The van der Waals surface area contributed by atoms with Gasteiger partial charge in [0.05, 0.1) is 11.3 Å². The Bertz CT molecular complexity index is 453. The van der Waals surface area contributed by atoms with Gasteiger partial charge in [-0.25, -0.2) is 4.79 Å². The molecule has 0 radical (unpaired) electrons. The van der Waals surface area contributed by atoms with Crippen LogP contribution in [0.25, 0.3) is 0 Å². The van der Waals surface area contributed by atoms with Crippen LogP contribution in [0, 0.1) is 6.92 Å². The fourth-order valence-electron chi connectivity index (χ4n) is 3.02. The quantitative estimate of drug-likeness (QED) is 0.762. The second-order valence-electron chi connectivity index (χ2n) is 4.61. The summed E-state index contributed by atoms with van der Waals surface area (Å²) < 4.78 is 0. The first-order chi connectivity index (χ1) is 7.16. The predicted molar refractivity (Wildman–Crippen MR) is 55.3 cm³/mol. The molecule has 2 unspecified atom stereocenters. The van der Waals surface area contributed by atoms with Gasteiger partial charge in [-0.1, -0.05) is 0 Å². The molecule has 0 aliphatic heterocycles. The number of rotatable bonds is 1. The summed E-state index contributed by atoms with van der Waals surface area (Å²) in [5.74, 6) is 0.327. The van der Waals surface area contributed by atoms with Crippen molar-refractivity contribution < 1.29 is 9.90 Å². The van der Waals surface area contributed by atoms with Gasteiger partial charge in [-0.15, -0.1) is 0 Å². The standard InChI is InChI=1S/C12H13NO2/c1-6-9(12(14)15)5-10-7-2-3-8(4-7)11(10)13-6/h5,7-8H,2-4H2,1H3,(H,14,15). The Balaban J connectivity index is 2.18. The van der Waals surface area contributed by atoms with Gasteiger partial charge < -0.3 is 5.11 Å². The molecule has 1 aromatic heterocycles. The highest BCUT2D eigenvalue weighted by molar-refractivity contribution is 5.89. The molecular weight excluding hydrogens is 190 g/mol. The van der Waals surface area contributed by atoms with Crippen LogP contribution >= 0.6 is 0 Å². The number of aromatic nitrogens is 1. The molecule has 0 saturated heterocycles. The van der Waals surface area contributed by atoms with Gasteiger partial charge in [0.25, 0.3) is 0 Å². The predicted octanol–water partition coefficient (Wildman–Crippen LogP) is 2.45. The van der Waals surface area contributed by atoms with Gasteiger partial charge in [0.15, 0.2) is 0 Å². The van der Waals surface area contributed by atoms with Crippen LogP contribution in [0.15, 0.2) is 6.07 Å². The fraction of sp³-hybridized carbons (Fsp3) is 0.500. The van der Waals surface area contributed by atoms with Gasteiger partial charge >= 0.3 is 5.97 Å². The molecule has 0 spiro atoms. The molecule has 3 heteroatoms. The molecule has 3 rings (SSSR count). The van der Waals surface area contributed by atoms with Crippen LogP contribution in [0.3, 0.4) is 0 Å². The molecule has 0 aromatic carbocycles. The summed E-state index contributed by atoms with van der Waals surface area (Å²) in [5.41, 5.74) is 3.41. The van der Waals surface area contributed by atoms with E-state index in [-0.39, 0.29) is 0 Å². The molecule has 1 fully saturated rings. The minimum Gasteiger partial charge on any atom is -0.478 e. The third kappa shape index (κ3) is 1.12. The molecule has 3 nitrogen and oxygen atoms in total. The zero-order valence-electron chi connectivity index (χ0n) is 8.66. The normalized spacial score (nSPS) is 26.7. The number of aryl methyl sites for hydroxylation is 1. The topological polar surface area (TPSA) is 50.2 Å². The van der Waals surface area contributed by atoms with E-state index in [0.29, 0.717) is 23.1 Å². The van der Waals surface area contributed by atoms with Crippen LogP contribution < -0.4 is 0 Å². The number of carboxylic acids is 1. The highest BCUT2D eigenvalue weighted by Crippen LogP contribution is 2.52. The summed E-state index contributed by atoms with van der Waals surface area (Å²) in [6.07, 6.45) is 3.63. The molecule has 15 heavy (non-hydrogen) atoms. The lowest BCUT2D eigenvalue weighted by Gasteiger charge is -2.15. The molecule has 1 aromatic rings. The van der Waals surface area contributed by atoms with Crippen LogP contribution in [0.5, 0.6) is 0 Å². The number of pyridine rings is 1. The van der Waals surface area contributed by atoms with Crippen LogP contribution in [0.2, 0.25) is 0 Å². The van der Waals surface area contributed by atoms with Crippen LogP contribution in [-0.2, 0) is 0 Å². The van der Waals surface area contributed by atoms with Crippen molar-refractivity contribution in [3.63, 3.8) is 0 Å². The molecule has 0 amide bonds. The molecule has 1 saturated carbocycles. The zero-order chi connectivity index (χ0) is 10.6. The second-order valence-corrected chi connectivity index (χ2v) is 4.61. The number of hydrogen-bond donors (Lipinski definition) is 1. The third-order valence-corrected chi connectivity index (χ3v) is 3.76. The summed E-state index contributed by atoms with van der Waals surface area (Å²) >= 11 is 0. The van der Waals surface area contributed by atoms with Gasteiger partial charge in [0.2, 0.25) is 0 Å². The number of aromatic carboxylic acids is 1. The molecular formula is C12H13NO2. The van der Waals surface area contributed by atoms with Crippen molar-refractivity contribution in [3.05, 3.63) is 28.6 Å². The van der Waals surface area contributed by atoms with Gasteiger partial charge in [-0.05, 0) is 43.7 Å². The van der Waals surface area contributed by atoms with E-state index in [1.165, 1.54) is 30.5 Å². The average molecular weight is 203 g/mol. The van der Waals surface area contributed by atoms with E-state index in [1.807, 2.05) is 6.07 Å². The Hall–Kier alpha value is -1.38. The lowest BCUT2D eigenvalue weighted by atomic mass is 9.94. The number of nitrogens with zero attached hydrogens (tertiary/aromatic N) is 1. The highest BCUT2D eigenvalue weighted by atomic mass is 16.4. The molecule has 2 bridgehead atoms. The number of hydrogen-bond acceptors (Lipinski definition) is 2. The summed E-state index contributed by atoms with van der Waals surface area (Å²) in [5, 5.41) is 9.03. The Kier molecular flexibility index (Phi) is 1.67. The first-order valence-electron chi connectivity index (χ1n) is 5.41. The molecule has 78 valence electrons. The summed E-state index contributed by atoms with van der Waals surface area (Å²) in [4.78, 5) is 15.5. The number of carboxylic acid groups (broad SMARTS) is 1. The maximum absolute atomic E-state index is 11.0. The summed E-state index contributed by atoms with van der Waals surface area (Å²) in [6.45, 7) is 1.79.